The van der Waals surface area contributed by atoms with Gasteiger partial charge in [-0.2, -0.15) is 0 Å². The maximum Gasteiger partial charge on any atom is 0.230 e. The summed E-state index contributed by atoms with van der Waals surface area (Å²) in [6.45, 7) is 1.42. The van der Waals surface area contributed by atoms with Gasteiger partial charge in [-0.3, -0.25) is 4.57 Å². The molecule has 0 amide bonds. The predicted molar refractivity (Wildman–Crippen MR) is 132 cm³/mol. The van der Waals surface area contributed by atoms with Crippen LogP contribution in [0.4, 0.5) is 0 Å². The molecule has 4 nitrogen and oxygen atoms in total. The summed E-state index contributed by atoms with van der Waals surface area (Å²) in [5.41, 5.74) is 0.766. The minimum atomic E-state index is -3.50. The molecule has 6 heteroatoms. The van der Waals surface area contributed by atoms with Gasteiger partial charge in [0.2, 0.25) is 7.37 Å². The topological polar surface area (TPSA) is 63.6 Å². The van der Waals surface area contributed by atoms with Crippen molar-refractivity contribution in [1.29, 1.82) is 0 Å². The average Bonchev–Trinajstić information content (AvgIpc) is 2.83. The molecular formula is C26H24O4P2. The molecule has 0 aliphatic rings. The van der Waals surface area contributed by atoms with Crippen LogP contribution in [0, 0.1) is 0 Å². The van der Waals surface area contributed by atoms with Gasteiger partial charge >= 0.3 is 0 Å². The van der Waals surface area contributed by atoms with E-state index in [0.29, 0.717) is 11.1 Å². The Morgan fingerprint density at radius 3 is 1.69 bits per heavy atom. The predicted octanol–water partition coefficient (Wildman–Crippen LogP) is 4.43. The number of hydrogen-bond acceptors (Lipinski definition) is 3. The summed E-state index contributed by atoms with van der Waals surface area (Å²) in [6, 6.07) is 33.2. The van der Waals surface area contributed by atoms with Crippen LogP contribution in [-0.2, 0) is 15.7 Å². The lowest BCUT2D eigenvalue weighted by Crippen LogP contribution is -2.28. The van der Waals surface area contributed by atoms with Crippen LogP contribution in [0.3, 0.4) is 0 Å². The van der Waals surface area contributed by atoms with Gasteiger partial charge in [0.15, 0.2) is 7.14 Å². The molecule has 1 unspecified atom stereocenters. The Morgan fingerprint density at radius 1 is 0.656 bits per heavy atom. The maximum absolute atomic E-state index is 14.7. The monoisotopic (exact) mass is 462 g/mol. The average molecular weight is 462 g/mol. The minimum Gasteiger partial charge on any atom is -0.488 e. The van der Waals surface area contributed by atoms with E-state index >= 15 is 0 Å². The highest BCUT2D eigenvalue weighted by Gasteiger charge is 2.31. The molecule has 0 fully saturated rings. The van der Waals surface area contributed by atoms with Crippen molar-refractivity contribution in [3.8, 4) is 5.75 Å². The van der Waals surface area contributed by atoms with Crippen molar-refractivity contribution < 1.29 is 18.8 Å². The van der Waals surface area contributed by atoms with Gasteiger partial charge in [-0.25, -0.2) is 0 Å². The normalized spacial score (nSPS) is 13.3. The summed E-state index contributed by atoms with van der Waals surface area (Å²) in [7, 11) is -6.66. The molecule has 0 bridgehead atoms. The van der Waals surface area contributed by atoms with E-state index in [1.165, 1.54) is 6.66 Å². The largest absolute Gasteiger partial charge is 0.488 e. The minimum absolute atomic E-state index is 0.122. The van der Waals surface area contributed by atoms with Gasteiger partial charge in [0, 0.05) is 28.1 Å². The summed E-state index contributed by atoms with van der Waals surface area (Å²) in [5.74, 6) is 0.352. The Labute approximate surface area is 188 Å². The fourth-order valence-electron chi connectivity index (χ4n) is 3.72. The molecule has 4 aromatic rings. The lowest BCUT2D eigenvalue weighted by molar-refractivity contribution is 0.309. The summed E-state index contributed by atoms with van der Waals surface area (Å²) >= 11 is 0. The van der Waals surface area contributed by atoms with Crippen molar-refractivity contribution in [2.24, 2.45) is 0 Å². The molecule has 0 aromatic heterocycles. The number of para-hydroxylation sites is 1. The zero-order valence-corrected chi connectivity index (χ0v) is 19.5. The van der Waals surface area contributed by atoms with Crippen molar-refractivity contribution in [2.45, 2.75) is 6.61 Å². The molecule has 0 aliphatic carbocycles. The second-order valence-electron chi connectivity index (χ2n) is 7.54. The third kappa shape index (κ3) is 4.49. The molecule has 1 atom stereocenters. The maximum atomic E-state index is 14.7. The summed E-state index contributed by atoms with van der Waals surface area (Å²) < 4.78 is 33.0. The number of hydrogen-bond donors (Lipinski definition) is 1. The Hall–Kier alpha value is -2.90. The highest BCUT2D eigenvalue weighted by Crippen LogP contribution is 2.43. The molecule has 0 saturated heterocycles. The molecule has 32 heavy (non-hydrogen) atoms. The van der Waals surface area contributed by atoms with Crippen molar-refractivity contribution >= 4 is 35.7 Å². The zero-order chi connectivity index (χ0) is 22.6. The first-order valence-corrected chi connectivity index (χ1v) is 14.0. The number of benzene rings is 4. The van der Waals surface area contributed by atoms with Gasteiger partial charge in [0.25, 0.3) is 0 Å². The highest BCUT2D eigenvalue weighted by atomic mass is 31.2. The highest BCUT2D eigenvalue weighted by molar-refractivity contribution is 7.85. The van der Waals surface area contributed by atoms with Crippen LogP contribution >= 0.6 is 14.5 Å². The van der Waals surface area contributed by atoms with E-state index in [0.717, 1.165) is 16.2 Å². The number of ether oxygens (including phenoxy) is 1. The van der Waals surface area contributed by atoms with Gasteiger partial charge in [0.05, 0.1) is 5.30 Å². The van der Waals surface area contributed by atoms with E-state index in [9.17, 15) is 14.0 Å². The van der Waals surface area contributed by atoms with Crippen LogP contribution in [0.25, 0.3) is 0 Å². The fourth-order valence-corrected chi connectivity index (χ4v) is 7.51. The van der Waals surface area contributed by atoms with Crippen LogP contribution in [0.1, 0.15) is 5.56 Å². The van der Waals surface area contributed by atoms with Crippen LogP contribution < -0.4 is 26.0 Å². The van der Waals surface area contributed by atoms with Gasteiger partial charge < -0.3 is 14.2 Å². The molecule has 1 N–H and O–H groups in total. The smallest absolute Gasteiger partial charge is 0.230 e. The van der Waals surface area contributed by atoms with Crippen molar-refractivity contribution in [2.75, 3.05) is 6.66 Å². The van der Waals surface area contributed by atoms with E-state index in [1.807, 2.05) is 84.9 Å². The third-order valence-electron chi connectivity index (χ3n) is 5.27. The molecule has 4 aromatic carbocycles. The molecule has 4 rings (SSSR count). The van der Waals surface area contributed by atoms with E-state index in [2.05, 4.69) is 0 Å². The Balaban J connectivity index is 1.79. The second-order valence-corrected chi connectivity index (χ2v) is 12.5. The fraction of sp³-hybridized carbons (Fsp3) is 0.0769. The van der Waals surface area contributed by atoms with Gasteiger partial charge in [-0.15, -0.1) is 0 Å². The third-order valence-corrected chi connectivity index (χ3v) is 9.69. The van der Waals surface area contributed by atoms with Crippen LogP contribution in [0.15, 0.2) is 109 Å². The SMILES string of the molecule is CP(=O)(O)c1ccccc1OCc1ccccc1P(=O)(c1ccccc1)c1ccccc1. The van der Waals surface area contributed by atoms with Crippen LogP contribution in [-0.4, -0.2) is 11.6 Å². The van der Waals surface area contributed by atoms with E-state index < -0.39 is 14.5 Å². The summed E-state index contributed by atoms with van der Waals surface area (Å²) in [6.07, 6.45) is 0. The van der Waals surface area contributed by atoms with E-state index in [-0.39, 0.29) is 11.9 Å². The van der Waals surface area contributed by atoms with Crippen LogP contribution in [0.5, 0.6) is 5.75 Å². The Morgan fingerprint density at radius 2 is 1.12 bits per heavy atom. The summed E-state index contributed by atoms with van der Waals surface area (Å²) in [4.78, 5) is 10.1. The standard InChI is InChI=1S/C26H24O4P2/c1-31(27,28)26-19-11-9-17-24(26)30-20-21-12-8-10-18-25(21)32(29,22-13-4-2-5-14-22)23-15-6-3-7-16-23/h2-19H,20H2,1H3,(H,27,28). The Bertz CT molecular complexity index is 1250. The van der Waals surface area contributed by atoms with Gasteiger partial charge in [-0.05, 0) is 12.1 Å². The second kappa shape index (κ2) is 9.30. The van der Waals surface area contributed by atoms with Gasteiger partial charge in [0.1, 0.15) is 12.4 Å². The molecule has 0 spiro atoms. The Kier molecular flexibility index (Phi) is 6.48. The van der Waals surface area contributed by atoms with Crippen LogP contribution in [0.2, 0.25) is 0 Å². The first-order chi connectivity index (χ1) is 15.4. The van der Waals surface area contributed by atoms with E-state index in [1.54, 1.807) is 24.3 Å². The molecule has 0 radical (unpaired) electrons. The lowest BCUT2D eigenvalue weighted by atomic mass is 10.2. The zero-order valence-electron chi connectivity index (χ0n) is 17.7. The molecule has 0 aliphatic heterocycles. The quantitative estimate of drug-likeness (QED) is 0.413. The lowest BCUT2D eigenvalue weighted by Gasteiger charge is -2.23. The van der Waals surface area contributed by atoms with Crippen molar-refractivity contribution in [3.05, 3.63) is 115 Å². The molecule has 0 saturated carbocycles. The summed E-state index contributed by atoms with van der Waals surface area (Å²) in [5, 5.41) is 2.45. The van der Waals surface area contributed by atoms with E-state index in [4.69, 9.17) is 4.74 Å². The van der Waals surface area contributed by atoms with Gasteiger partial charge in [-0.1, -0.05) is 97.1 Å². The van der Waals surface area contributed by atoms with Crippen molar-refractivity contribution in [1.82, 2.24) is 0 Å². The first-order valence-electron chi connectivity index (χ1n) is 10.2. The first kappa shape index (κ1) is 22.3. The molecule has 0 heterocycles. The molecule has 162 valence electrons. The van der Waals surface area contributed by atoms with Crippen molar-refractivity contribution in [3.63, 3.8) is 0 Å². The number of rotatable bonds is 7. The molecular weight excluding hydrogens is 438 g/mol.